The zero-order valence-corrected chi connectivity index (χ0v) is 11.1. The van der Waals surface area contributed by atoms with Crippen LogP contribution in [0.15, 0.2) is 24.3 Å². The van der Waals surface area contributed by atoms with E-state index >= 15 is 0 Å². The molecule has 96 valence electrons. The second kappa shape index (κ2) is 6.35. The number of aliphatic hydroxyl groups excluding tert-OH is 2. The lowest BCUT2D eigenvalue weighted by Gasteiger charge is -2.35. The van der Waals surface area contributed by atoms with Crippen LogP contribution in [0.2, 0.25) is 0 Å². The van der Waals surface area contributed by atoms with Crippen molar-refractivity contribution in [1.82, 2.24) is 5.32 Å². The Labute approximate surface area is 111 Å². The van der Waals surface area contributed by atoms with Crippen LogP contribution in [-0.4, -0.2) is 41.1 Å². The number of aromatic hydroxyl groups is 1. The molecular weight excluding hydrogens is 286 g/mol. The Bertz CT molecular complexity index is 344. The van der Waals surface area contributed by atoms with E-state index in [1.54, 1.807) is 24.3 Å². The summed E-state index contributed by atoms with van der Waals surface area (Å²) in [5.74, 6) is 0.174. The number of halogens is 1. The van der Waals surface area contributed by atoms with E-state index in [4.69, 9.17) is 0 Å². The van der Waals surface area contributed by atoms with Crippen molar-refractivity contribution in [1.29, 1.82) is 0 Å². The van der Waals surface area contributed by atoms with E-state index in [-0.39, 0.29) is 41.2 Å². The number of aliphatic hydroxyl groups is 2. The summed E-state index contributed by atoms with van der Waals surface area (Å²) in [6.45, 7) is 1.30. The van der Waals surface area contributed by atoms with Crippen LogP contribution in [0.25, 0.3) is 0 Å². The molecule has 5 heteroatoms. The number of nitrogens with one attached hydrogen (secondary N) is 1. The van der Waals surface area contributed by atoms with Crippen LogP contribution in [0.5, 0.6) is 5.75 Å². The molecule has 0 bridgehead atoms. The van der Waals surface area contributed by atoms with Crippen LogP contribution in [0.1, 0.15) is 11.5 Å². The van der Waals surface area contributed by atoms with Gasteiger partial charge in [-0.2, -0.15) is 0 Å². The molecule has 1 fully saturated rings. The summed E-state index contributed by atoms with van der Waals surface area (Å²) in [5.41, 5.74) is 0.964. The Kier molecular flexibility index (Phi) is 5.39. The molecule has 3 unspecified atom stereocenters. The average molecular weight is 304 g/mol. The number of phenols is 1. The topological polar surface area (TPSA) is 72.7 Å². The van der Waals surface area contributed by atoms with Gasteiger partial charge in [0.05, 0.1) is 6.10 Å². The Morgan fingerprint density at radius 3 is 2.41 bits per heavy atom. The van der Waals surface area contributed by atoms with Crippen LogP contribution in [0.3, 0.4) is 0 Å². The molecule has 17 heavy (non-hydrogen) atoms. The fraction of sp³-hybridized carbons (Fsp3) is 0.500. The minimum atomic E-state index is -0.490. The van der Waals surface area contributed by atoms with Crippen LogP contribution in [-0.2, 0) is 0 Å². The van der Waals surface area contributed by atoms with Crippen molar-refractivity contribution in [3.8, 4) is 5.75 Å². The molecule has 0 spiro atoms. The van der Waals surface area contributed by atoms with E-state index < -0.39 is 6.10 Å². The van der Waals surface area contributed by atoms with E-state index in [1.165, 1.54) is 0 Å². The average Bonchev–Trinajstić information content (AvgIpc) is 2.30. The number of benzene rings is 1. The molecule has 1 aliphatic rings. The summed E-state index contributed by atoms with van der Waals surface area (Å²) in [5, 5.41) is 31.6. The van der Waals surface area contributed by atoms with Gasteiger partial charge >= 0.3 is 0 Å². The second-order valence-corrected chi connectivity index (χ2v) is 4.29. The van der Waals surface area contributed by atoms with Crippen LogP contribution in [0.4, 0.5) is 0 Å². The Hall–Kier alpha value is -0.620. The zero-order chi connectivity index (χ0) is 11.5. The maximum Gasteiger partial charge on any atom is 0.115 e. The lowest BCUT2D eigenvalue weighted by molar-refractivity contribution is 0.0614. The number of phenolic OH excluding ortho intramolecular Hbond substituents is 1. The number of piperidine rings is 1. The van der Waals surface area contributed by atoms with Gasteiger partial charge in [-0.05, 0) is 17.7 Å². The number of rotatable bonds is 2. The highest BCUT2D eigenvalue weighted by Crippen LogP contribution is 2.31. The molecule has 2 rings (SSSR count). The fourth-order valence-corrected chi connectivity index (χ4v) is 2.35. The lowest BCUT2D eigenvalue weighted by Crippen LogP contribution is -2.46. The van der Waals surface area contributed by atoms with Crippen LogP contribution in [0, 0.1) is 5.92 Å². The third kappa shape index (κ3) is 3.19. The third-order valence-electron chi connectivity index (χ3n) is 3.19. The van der Waals surface area contributed by atoms with Crippen molar-refractivity contribution in [2.75, 3.05) is 19.7 Å². The smallest absolute Gasteiger partial charge is 0.115 e. The Morgan fingerprint density at radius 1 is 1.18 bits per heavy atom. The van der Waals surface area contributed by atoms with Crippen LogP contribution >= 0.6 is 17.0 Å². The molecule has 0 amide bonds. The molecule has 4 nitrogen and oxygen atoms in total. The maximum absolute atomic E-state index is 9.96. The molecule has 1 aromatic rings. The van der Waals surface area contributed by atoms with Gasteiger partial charge < -0.3 is 20.6 Å². The fourth-order valence-electron chi connectivity index (χ4n) is 2.35. The number of β-amino-alcohol motifs (C(OH)–C–C–N with tert-alkyl or cyclic N) is 1. The van der Waals surface area contributed by atoms with Crippen molar-refractivity contribution >= 4 is 17.0 Å². The standard InChI is InChI=1S/C12H17NO3.BrH/c14-7-9-5-13-6-11(16)12(9)8-1-3-10(15)4-2-8;/h1-4,9,11-16H,5-7H2;1H. The van der Waals surface area contributed by atoms with Crippen molar-refractivity contribution in [2.24, 2.45) is 5.92 Å². The van der Waals surface area contributed by atoms with Gasteiger partial charge in [0, 0.05) is 31.5 Å². The lowest BCUT2D eigenvalue weighted by atomic mass is 9.80. The normalized spacial score (nSPS) is 28.5. The Morgan fingerprint density at radius 2 is 1.82 bits per heavy atom. The molecule has 1 aromatic carbocycles. The second-order valence-electron chi connectivity index (χ2n) is 4.29. The minimum absolute atomic E-state index is 0. The number of hydrogen-bond donors (Lipinski definition) is 4. The highest BCUT2D eigenvalue weighted by atomic mass is 79.9. The van der Waals surface area contributed by atoms with E-state index in [0.29, 0.717) is 13.1 Å². The quantitative estimate of drug-likeness (QED) is 0.646. The van der Waals surface area contributed by atoms with E-state index in [1.807, 2.05) is 0 Å². The van der Waals surface area contributed by atoms with Gasteiger partial charge in [0.2, 0.25) is 0 Å². The van der Waals surface area contributed by atoms with Crippen LogP contribution < -0.4 is 5.32 Å². The summed E-state index contributed by atoms with van der Waals surface area (Å²) in [7, 11) is 0. The highest BCUT2D eigenvalue weighted by molar-refractivity contribution is 8.93. The summed E-state index contributed by atoms with van der Waals surface area (Å²) in [4.78, 5) is 0. The third-order valence-corrected chi connectivity index (χ3v) is 3.19. The van der Waals surface area contributed by atoms with Gasteiger partial charge in [0.1, 0.15) is 5.75 Å². The SMILES string of the molecule is Br.OCC1CNCC(O)C1c1ccc(O)cc1. The van der Waals surface area contributed by atoms with E-state index in [2.05, 4.69) is 5.32 Å². The maximum atomic E-state index is 9.96. The largest absolute Gasteiger partial charge is 0.508 e. The summed E-state index contributed by atoms with van der Waals surface area (Å²) in [6, 6.07) is 6.82. The molecular formula is C12H18BrNO3. The van der Waals surface area contributed by atoms with E-state index in [0.717, 1.165) is 5.56 Å². The van der Waals surface area contributed by atoms with Crippen molar-refractivity contribution in [2.45, 2.75) is 12.0 Å². The molecule has 0 saturated carbocycles. The monoisotopic (exact) mass is 303 g/mol. The first-order valence-electron chi connectivity index (χ1n) is 5.51. The molecule has 4 N–H and O–H groups in total. The molecule has 1 saturated heterocycles. The van der Waals surface area contributed by atoms with Crippen molar-refractivity contribution in [3.63, 3.8) is 0 Å². The molecule has 0 radical (unpaired) electrons. The molecule has 1 aliphatic heterocycles. The van der Waals surface area contributed by atoms with Gasteiger partial charge in [-0.25, -0.2) is 0 Å². The van der Waals surface area contributed by atoms with E-state index in [9.17, 15) is 15.3 Å². The molecule has 0 aromatic heterocycles. The summed E-state index contributed by atoms with van der Waals surface area (Å²) >= 11 is 0. The summed E-state index contributed by atoms with van der Waals surface area (Å²) in [6.07, 6.45) is -0.490. The van der Waals surface area contributed by atoms with Gasteiger partial charge in [-0.3, -0.25) is 0 Å². The predicted molar refractivity (Wildman–Crippen MR) is 70.6 cm³/mol. The number of hydrogen-bond acceptors (Lipinski definition) is 4. The Balaban J connectivity index is 0.00000144. The van der Waals surface area contributed by atoms with Gasteiger partial charge in [0.25, 0.3) is 0 Å². The summed E-state index contributed by atoms with van der Waals surface area (Å²) < 4.78 is 0. The minimum Gasteiger partial charge on any atom is -0.508 e. The first-order valence-corrected chi connectivity index (χ1v) is 5.51. The highest BCUT2D eigenvalue weighted by Gasteiger charge is 2.32. The van der Waals surface area contributed by atoms with Gasteiger partial charge in [-0.1, -0.05) is 12.1 Å². The first-order chi connectivity index (χ1) is 7.72. The molecule has 3 atom stereocenters. The van der Waals surface area contributed by atoms with Crippen molar-refractivity contribution in [3.05, 3.63) is 29.8 Å². The van der Waals surface area contributed by atoms with Gasteiger partial charge in [-0.15, -0.1) is 17.0 Å². The predicted octanol–water partition coefficient (Wildman–Crippen LogP) is 0.626. The van der Waals surface area contributed by atoms with Crippen molar-refractivity contribution < 1.29 is 15.3 Å². The van der Waals surface area contributed by atoms with Gasteiger partial charge in [0.15, 0.2) is 0 Å². The first kappa shape index (κ1) is 14.4. The zero-order valence-electron chi connectivity index (χ0n) is 9.41. The molecule has 0 aliphatic carbocycles. The molecule has 1 heterocycles.